The first-order valence-electron chi connectivity index (χ1n) is 7.57. The van der Waals surface area contributed by atoms with Crippen LogP contribution >= 0.6 is 0 Å². The molecule has 1 amide bonds. The Kier molecular flexibility index (Phi) is 4.46. The van der Waals surface area contributed by atoms with Crippen LogP contribution in [0.15, 0.2) is 42.7 Å². The molecule has 0 saturated carbocycles. The third kappa shape index (κ3) is 3.69. The van der Waals surface area contributed by atoms with E-state index in [4.69, 9.17) is 0 Å². The Morgan fingerprint density at radius 3 is 2.50 bits per heavy atom. The summed E-state index contributed by atoms with van der Waals surface area (Å²) < 4.78 is 43.2. The van der Waals surface area contributed by atoms with Gasteiger partial charge in [0.2, 0.25) is 0 Å². The molecule has 128 valence electrons. The molecule has 1 fully saturated rings. The molecule has 0 unspecified atom stereocenters. The van der Waals surface area contributed by atoms with E-state index in [1.165, 1.54) is 18.2 Å². The second kappa shape index (κ2) is 6.54. The topological polar surface area (TPSA) is 47.4 Å². The number of carbonyl (C=O) groups is 1. The number of para-hydroxylation sites is 1. The molecule has 1 aromatic heterocycles. The molecule has 1 aliphatic heterocycles. The average Bonchev–Trinajstić information content (AvgIpc) is 3.08. The number of likely N-dealkylation sites (tertiary alicyclic amines) is 1. The van der Waals surface area contributed by atoms with Crippen molar-refractivity contribution < 1.29 is 22.7 Å². The number of ether oxygens (including phenoxy) is 1. The van der Waals surface area contributed by atoms with Gasteiger partial charge in [-0.1, -0.05) is 12.1 Å². The smallest absolute Gasteiger partial charge is 0.405 e. The Bertz CT molecular complexity index is 693. The van der Waals surface area contributed by atoms with Gasteiger partial charge >= 0.3 is 6.36 Å². The molecule has 0 bridgehead atoms. The molecule has 1 saturated heterocycles. The van der Waals surface area contributed by atoms with E-state index in [1.54, 1.807) is 11.1 Å². The van der Waals surface area contributed by atoms with E-state index in [9.17, 15) is 18.0 Å². The molecule has 0 N–H and O–H groups in total. The lowest BCUT2D eigenvalue weighted by molar-refractivity contribution is -0.274. The summed E-state index contributed by atoms with van der Waals surface area (Å²) in [4.78, 5) is 14.1. The fourth-order valence-electron chi connectivity index (χ4n) is 2.86. The molecule has 2 heterocycles. The Morgan fingerprint density at radius 2 is 1.88 bits per heavy atom. The minimum Gasteiger partial charge on any atom is -0.405 e. The molecule has 2 aromatic rings. The molecule has 8 heteroatoms. The van der Waals surface area contributed by atoms with Crippen LogP contribution in [-0.4, -0.2) is 40.0 Å². The second-order valence-corrected chi connectivity index (χ2v) is 5.55. The van der Waals surface area contributed by atoms with Crippen molar-refractivity contribution in [2.75, 3.05) is 13.1 Å². The van der Waals surface area contributed by atoms with E-state index >= 15 is 0 Å². The summed E-state index contributed by atoms with van der Waals surface area (Å²) in [5.41, 5.74) is -0.0765. The third-order valence-electron chi connectivity index (χ3n) is 3.99. The number of halogens is 3. The Hall–Kier alpha value is -2.51. The van der Waals surface area contributed by atoms with Crippen LogP contribution in [0, 0.1) is 0 Å². The fourth-order valence-corrected chi connectivity index (χ4v) is 2.86. The van der Waals surface area contributed by atoms with Gasteiger partial charge < -0.3 is 9.64 Å². The van der Waals surface area contributed by atoms with E-state index in [-0.39, 0.29) is 11.6 Å². The van der Waals surface area contributed by atoms with Crippen molar-refractivity contribution in [1.29, 1.82) is 0 Å². The number of rotatable bonds is 3. The van der Waals surface area contributed by atoms with Crippen molar-refractivity contribution in [3.8, 4) is 5.75 Å². The Balaban J connectivity index is 1.70. The molecule has 0 radical (unpaired) electrons. The van der Waals surface area contributed by atoms with Crippen LogP contribution in [0.1, 0.15) is 29.2 Å². The van der Waals surface area contributed by atoms with Crippen LogP contribution in [0.4, 0.5) is 13.2 Å². The standard InChI is InChI=1S/C16H16F3N3O2/c17-16(18,19)24-14-5-2-1-4-13(14)15(23)21-10-6-12(7-11-21)22-9-3-8-20-22/h1-5,8-9,12H,6-7,10-11H2. The molecular weight excluding hydrogens is 323 g/mol. The molecule has 5 nitrogen and oxygen atoms in total. The summed E-state index contributed by atoms with van der Waals surface area (Å²) >= 11 is 0. The largest absolute Gasteiger partial charge is 0.573 e. The summed E-state index contributed by atoms with van der Waals surface area (Å²) in [5.74, 6) is -0.919. The van der Waals surface area contributed by atoms with Gasteiger partial charge in [0.25, 0.3) is 5.91 Å². The van der Waals surface area contributed by atoms with Gasteiger partial charge in [-0.15, -0.1) is 13.2 Å². The minimum atomic E-state index is -4.83. The lowest BCUT2D eigenvalue weighted by Gasteiger charge is -2.32. The molecule has 1 aromatic carbocycles. The van der Waals surface area contributed by atoms with Crippen molar-refractivity contribution in [3.05, 3.63) is 48.3 Å². The molecule has 24 heavy (non-hydrogen) atoms. The van der Waals surface area contributed by atoms with Crippen LogP contribution in [0.5, 0.6) is 5.75 Å². The molecule has 1 aliphatic rings. The summed E-state index contributed by atoms with van der Waals surface area (Å²) in [7, 11) is 0. The highest BCUT2D eigenvalue weighted by molar-refractivity contribution is 5.97. The lowest BCUT2D eigenvalue weighted by atomic mass is 10.0. The molecule has 0 aliphatic carbocycles. The minimum absolute atomic E-state index is 0.0765. The van der Waals surface area contributed by atoms with Gasteiger partial charge in [0.1, 0.15) is 5.75 Å². The zero-order valence-electron chi connectivity index (χ0n) is 12.7. The number of amides is 1. The van der Waals surface area contributed by atoms with Gasteiger partial charge in [-0.25, -0.2) is 0 Å². The zero-order chi connectivity index (χ0) is 17.2. The summed E-state index contributed by atoms with van der Waals surface area (Å²) in [6.45, 7) is 0.924. The number of benzene rings is 1. The van der Waals surface area contributed by atoms with Gasteiger partial charge in [-0.2, -0.15) is 5.10 Å². The maximum atomic E-state index is 12.6. The molecular formula is C16H16F3N3O2. The summed E-state index contributed by atoms with van der Waals surface area (Å²) in [6, 6.07) is 7.46. The monoisotopic (exact) mass is 339 g/mol. The van der Waals surface area contributed by atoms with E-state index in [0.717, 1.165) is 6.07 Å². The van der Waals surface area contributed by atoms with Crippen molar-refractivity contribution in [3.63, 3.8) is 0 Å². The number of piperidine rings is 1. The van der Waals surface area contributed by atoms with E-state index in [1.807, 2.05) is 16.9 Å². The molecule has 3 rings (SSSR count). The van der Waals surface area contributed by atoms with Gasteiger partial charge in [-0.05, 0) is 31.0 Å². The van der Waals surface area contributed by atoms with Crippen molar-refractivity contribution >= 4 is 5.91 Å². The van der Waals surface area contributed by atoms with Crippen molar-refractivity contribution in [1.82, 2.24) is 14.7 Å². The average molecular weight is 339 g/mol. The normalized spacial score (nSPS) is 16.2. The van der Waals surface area contributed by atoms with Crippen LogP contribution in [0.3, 0.4) is 0 Å². The number of nitrogens with zero attached hydrogens (tertiary/aromatic N) is 3. The van der Waals surface area contributed by atoms with Crippen LogP contribution in [0.25, 0.3) is 0 Å². The van der Waals surface area contributed by atoms with Crippen LogP contribution in [0.2, 0.25) is 0 Å². The molecule has 0 spiro atoms. The summed E-state index contributed by atoms with van der Waals surface area (Å²) in [5, 5.41) is 4.19. The third-order valence-corrected chi connectivity index (χ3v) is 3.99. The highest BCUT2D eigenvalue weighted by Crippen LogP contribution is 2.29. The van der Waals surface area contributed by atoms with E-state index in [2.05, 4.69) is 9.84 Å². The lowest BCUT2D eigenvalue weighted by Crippen LogP contribution is -2.39. The fraction of sp³-hybridized carbons (Fsp3) is 0.375. The zero-order valence-corrected chi connectivity index (χ0v) is 12.7. The predicted octanol–water partition coefficient (Wildman–Crippen LogP) is 3.26. The van der Waals surface area contributed by atoms with Gasteiger partial charge in [-0.3, -0.25) is 9.48 Å². The second-order valence-electron chi connectivity index (χ2n) is 5.55. The highest BCUT2D eigenvalue weighted by atomic mass is 19.4. The maximum absolute atomic E-state index is 12.6. The quantitative estimate of drug-likeness (QED) is 0.862. The van der Waals surface area contributed by atoms with E-state index < -0.39 is 18.0 Å². The number of aromatic nitrogens is 2. The van der Waals surface area contributed by atoms with Crippen molar-refractivity contribution in [2.45, 2.75) is 25.2 Å². The first kappa shape index (κ1) is 16.4. The van der Waals surface area contributed by atoms with Crippen LogP contribution < -0.4 is 4.74 Å². The first-order valence-corrected chi connectivity index (χ1v) is 7.57. The molecule has 0 atom stereocenters. The summed E-state index contributed by atoms with van der Waals surface area (Å²) in [6.07, 6.45) is 0.145. The Labute approximate surface area is 136 Å². The predicted molar refractivity (Wildman–Crippen MR) is 79.5 cm³/mol. The van der Waals surface area contributed by atoms with Gasteiger partial charge in [0.05, 0.1) is 11.6 Å². The number of carbonyl (C=O) groups excluding carboxylic acids is 1. The Morgan fingerprint density at radius 1 is 1.17 bits per heavy atom. The maximum Gasteiger partial charge on any atom is 0.573 e. The van der Waals surface area contributed by atoms with Gasteiger partial charge in [0, 0.05) is 25.5 Å². The van der Waals surface area contributed by atoms with E-state index in [0.29, 0.717) is 25.9 Å². The number of hydrogen-bond acceptors (Lipinski definition) is 3. The number of hydrogen-bond donors (Lipinski definition) is 0. The SMILES string of the molecule is O=C(c1ccccc1OC(F)(F)F)N1CCC(n2cccn2)CC1. The van der Waals surface area contributed by atoms with Crippen molar-refractivity contribution in [2.24, 2.45) is 0 Å². The highest BCUT2D eigenvalue weighted by Gasteiger charge is 2.34. The van der Waals surface area contributed by atoms with Gasteiger partial charge in [0.15, 0.2) is 0 Å². The van der Waals surface area contributed by atoms with Crippen LogP contribution in [-0.2, 0) is 0 Å². The first-order chi connectivity index (χ1) is 11.4. The number of alkyl halides is 3.